The maximum absolute atomic E-state index is 12.8. The minimum absolute atomic E-state index is 0.134. The van der Waals surface area contributed by atoms with Gasteiger partial charge in [0.05, 0.1) is 11.4 Å². The summed E-state index contributed by atoms with van der Waals surface area (Å²) in [5.74, 6) is 0.134. The summed E-state index contributed by atoms with van der Waals surface area (Å²) in [5.41, 5.74) is 4.50. The van der Waals surface area contributed by atoms with Crippen LogP contribution in [0, 0.1) is 0 Å². The van der Waals surface area contributed by atoms with Crippen LogP contribution in [0.2, 0.25) is 0 Å². The Labute approximate surface area is 213 Å². The molecule has 3 amide bonds. The van der Waals surface area contributed by atoms with E-state index in [1.165, 1.54) is 6.42 Å². The summed E-state index contributed by atoms with van der Waals surface area (Å²) in [4.78, 5) is 27.1. The maximum atomic E-state index is 12.8. The first-order chi connectivity index (χ1) is 17.7. The molecule has 0 aliphatic carbocycles. The number of rotatable bonds is 10. The van der Waals surface area contributed by atoms with Crippen LogP contribution >= 0.6 is 0 Å². The van der Waals surface area contributed by atoms with E-state index in [0.29, 0.717) is 19.6 Å². The highest BCUT2D eigenvalue weighted by atomic mass is 16.2. The van der Waals surface area contributed by atoms with Gasteiger partial charge in [-0.25, -0.2) is 4.79 Å². The molecule has 1 aliphatic heterocycles. The lowest BCUT2D eigenvalue weighted by atomic mass is 10.1. The summed E-state index contributed by atoms with van der Waals surface area (Å²) >= 11 is 0. The SMILES string of the molecule is O=C(NCc1ccccc1)Nc1ccccc1NCCNCc1cccc(C(=O)N2CCCCC2)c1. The van der Waals surface area contributed by atoms with Gasteiger partial charge in [0.25, 0.3) is 5.91 Å². The molecule has 4 N–H and O–H groups in total. The largest absolute Gasteiger partial charge is 0.382 e. The Balaban J connectivity index is 1.20. The van der Waals surface area contributed by atoms with Gasteiger partial charge >= 0.3 is 6.03 Å². The third-order valence-electron chi connectivity index (χ3n) is 6.23. The molecule has 0 bridgehead atoms. The highest BCUT2D eigenvalue weighted by Gasteiger charge is 2.18. The topological polar surface area (TPSA) is 85.5 Å². The van der Waals surface area contributed by atoms with Crippen LogP contribution in [0.3, 0.4) is 0 Å². The molecule has 0 radical (unpaired) electrons. The van der Waals surface area contributed by atoms with Crippen molar-refractivity contribution in [2.75, 3.05) is 36.8 Å². The Morgan fingerprint density at radius 1 is 0.722 bits per heavy atom. The van der Waals surface area contributed by atoms with Gasteiger partial charge in [0.15, 0.2) is 0 Å². The second-order valence-electron chi connectivity index (χ2n) is 9.00. The van der Waals surface area contributed by atoms with E-state index < -0.39 is 0 Å². The zero-order valence-corrected chi connectivity index (χ0v) is 20.6. The number of urea groups is 1. The summed E-state index contributed by atoms with van der Waals surface area (Å²) in [6.45, 7) is 4.30. The first-order valence-corrected chi connectivity index (χ1v) is 12.7. The van der Waals surface area contributed by atoms with Crippen molar-refractivity contribution in [3.05, 3.63) is 95.6 Å². The molecule has 7 heteroatoms. The van der Waals surface area contributed by atoms with Gasteiger partial charge in [0.1, 0.15) is 0 Å². The number of hydrogen-bond donors (Lipinski definition) is 4. The number of anilines is 2. The van der Waals surface area contributed by atoms with E-state index in [0.717, 1.165) is 60.5 Å². The molecule has 0 spiro atoms. The number of nitrogens with one attached hydrogen (secondary N) is 4. The molecule has 4 rings (SSSR count). The van der Waals surface area contributed by atoms with Crippen molar-refractivity contribution >= 4 is 23.3 Å². The van der Waals surface area contributed by atoms with E-state index in [-0.39, 0.29) is 11.9 Å². The van der Waals surface area contributed by atoms with Crippen LogP contribution in [0.25, 0.3) is 0 Å². The number of para-hydroxylation sites is 2. The second-order valence-corrected chi connectivity index (χ2v) is 9.00. The molecule has 0 atom stereocenters. The number of carbonyl (C=O) groups is 2. The summed E-state index contributed by atoms with van der Waals surface area (Å²) in [6.07, 6.45) is 3.40. The molecule has 0 aromatic heterocycles. The van der Waals surface area contributed by atoms with E-state index in [2.05, 4.69) is 21.3 Å². The molecule has 1 saturated heterocycles. The molecule has 0 saturated carbocycles. The fourth-order valence-corrected chi connectivity index (χ4v) is 4.30. The second kappa shape index (κ2) is 13.3. The lowest BCUT2D eigenvalue weighted by molar-refractivity contribution is 0.0724. The van der Waals surface area contributed by atoms with Crippen LogP contribution < -0.4 is 21.3 Å². The molecule has 1 fully saturated rings. The van der Waals surface area contributed by atoms with E-state index in [9.17, 15) is 9.59 Å². The van der Waals surface area contributed by atoms with Gasteiger partial charge in [-0.3, -0.25) is 4.79 Å². The molecule has 1 aliphatic rings. The number of hydrogen-bond acceptors (Lipinski definition) is 4. The van der Waals surface area contributed by atoms with Gasteiger partial charge in [-0.1, -0.05) is 54.6 Å². The Kier molecular flexibility index (Phi) is 9.33. The smallest absolute Gasteiger partial charge is 0.319 e. The quantitative estimate of drug-likeness (QED) is 0.310. The number of carbonyl (C=O) groups excluding carboxylic acids is 2. The van der Waals surface area contributed by atoms with Crippen LogP contribution in [0.4, 0.5) is 16.2 Å². The lowest BCUT2D eigenvalue weighted by Gasteiger charge is -2.26. The Morgan fingerprint density at radius 3 is 2.25 bits per heavy atom. The summed E-state index contributed by atoms with van der Waals surface area (Å²) in [7, 11) is 0. The first kappa shape index (κ1) is 25.3. The molecule has 3 aromatic carbocycles. The van der Waals surface area contributed by atoms with E-state index in [4.69, 9.17) is 0 Å². The van der Waals surface area contributed by atoms with Crippen LogP contribution in [0.15, 0.2) is 78.9 Å². The predicted octanol–water partition coefficient (Wildman–Crippen LogP) is 4.84. The van der Waals surface area contributed by atoms with Crippen LogP contribution in [-0.4, -0.2) is 43.0 Å². The molecular weight excluding hydrogens is 450 g/mol. The Bertz CT molecular complexity index is 1130. The fourth-order valence-electron chi connectivity index (χ4n) is 4.30. The Morgan fingerprint density at radius 2 is 1.44 bits per heavy atom. The lowest BCUT2D eigenvalue weighted by Crippen LogP contribution is -2.35. The fraction of sp³-hybridized carbons (Fsp3) is 0.310. The van der Waals surface area contributed by atoms with Gasteiger partial charge in [-0.05, 0) is 54.7 Å². The third-order valence-corrected chi connectivity index (χ3v) is 6.23. The maximum Gasteiger partial charge on any atom is 0.319 e. The van der Waals surface area contributed by atoms with Gasteiger partial charge in [0, 0.05) is 44.8 Å². The predicted molar refractivity (Wildman–Crippen MR) is 145 cm³/mol. The van der Waals surface area contributed by atoms with Crippen molar-refractivity contribution in [3.8, 4) is 0 Å². The zero-order valence-electron chi connectivity index (χ0n) is 20.6. The monoisotopic (exact) mass is 485 g/mol. The van der Waals surface area contributed by atoms with Crippen molar-refractivity contribution < 1.29 is 9.59 Å². The highest BCUT2D eigenvalue weighted by molar-refractivity contribution is 5.94. The third kappa shape index (κ3) is 7.58. The van der Waals surface area contributed by atoms with E-state index in [1.54, 1.807) is 0 Å². The number of likely N-dealkylation sites (tertiary alicyclic amines) is 1. The van der Waals surface area contributed by atoms with Gasteiger partial charge in [-0.2, -0.15) is 0 Å². The molecule has 0 unspecified atom stereocenters. The molecule has 36 heavy (non-hydrogen) atoms. The number of nitrogens with zero attached hydrogens (tertiary/aromatic N) is 1. The van der Waals surface area contributed by atoms with Crippen molar-refractivity contribution in [1.29, 1.82) is 0 Å². The van der Waals surface area contributed by atoms with Crippen LogP contribution in [-0.2, 0) is 13.1 Å². The summed E-state index contributed by atoms with van der Waals surface area (Å²) < 4.78 is 0. The minimum atomic E-state index is -0.245. The van der Waals surface area contributed by atoms with Crippen molar-refractivity contribution in [2.24, 2.45) is 0 Å². The molecule has 188 valence electrons. The normalized spacial score (nSPS) is 13.2. The van der Waals surface area contributed by atoms with Crippen molar-refractivity contribution in [3.63, 3.8) is 0 Å². The average molecular weight is 486 g/mol. The first-order valence-electron chi connectivity index (χ1n) is 12.7. The molecule has 3 aromatic rings. The van der Waals surface area contributed by atoms with E-state index >= 15 is 0 Å². The number of piperidine rings is 1. The zero-order chi connectivity index (χ0) is 25.0. The number of benzene rings is 3. The molecular formula is C29H35N5O2. The summed E-state index contributed by atoms with van der Waals surface area (Å²) in [6, 6.07) is 25.1. The molecule has 7 nitrogen and oxygen atoms in total. The van der Waals surface area contributed by atoms with Gasteiger partial charge in [0.2, 0.25) is 0 Å². The average Bonchev–Trinajstić information content (AvgIpc) is 2.93. The van der Waals surface area contributed by atoms with Gasteiger partial charge in [-0.15, -0.1) is 0 Å². The molecule has 1 heterocycles. The van der Waals surface area contributed by atoms with Crippen LogP contribution in [0.1, 0.15) is 40.7 Å². The van der Waals surface area contributed by atoms with Crippen LogP contribution in [0.5, 0.6) is 0 Å². The van der Waals surface area contributed by atoms with E-state index in [1.807, 2.05) is 83.8 Å². The standard InChI is InChI=1S/C29H35N5O2/c35-28(34-18-7-2-8-19-34)25-13-9-12-24(20-25)21-30-16-17-31-26-14-5-6-15-27(26)33-29(36)32-22-23-10-3-1-4-11-23/h1,3-6,9-15,20,30-31H,2,7-8,16-19,21-22H2,(H2,32,33,36). The summed E-state index contributed by atoms with van der Waals surface area (Å²) in [5, 5.41) is 12.6. The van der Waals surface area contributed by atoms with Crippen molar-refractivity contribution in [1.82, 2.24) is 15.5 Å². The Hall–Kier alpha value is -3.84. The van der Waals surface area contributed by atoms with Crippen molar-refractivity contribution in [2.45, 2.75) is 32.4 Å². The van der Waals surface area contributed by atoms with Gasteiger partial charge < -0.3 is 26.2 Å². The number of amides is 3. The highest BCUT2D eigenvalue weighted by Crippen LogP contribution is 2.20. The minimum Gasteiger partial charge on any atom is -0.382 e.